The number of nitrogens with one attached hydrogen (secondary N) is 2. The van der Waals surface area contributed by atoms with Gasteiger partial charge in [0.1, 0.15) is 18.8 Å². The Kier molecular flexibility index (Phi) is 10.1. The highest BCUT2D eigenvalue weighted by Gasteiger charge is 2.26. The maximum absolute atomic E-state index is 13.4. The summed E-state index contributed by atoms with van der Waals surface area (Å²) in [5.41, 5.74) is 1.88. The summed E-state index contributed by atoms with van der Waals surface area (Å²) in [6.45, 7) is 5.14. The molecule has 2 heterocycles. The number of hydrogen-bond acceptors (Lipinski definition) is 8. The standard InChI is InChI=1S/C27H31BrClN7O2/c1-34-11-13-35(14-12-34)15-16-38-27(37)36(22-5-3-2-4-6-22)26-23(17-30)25(32-19-33-26)31-18-24(29)20-7-9-21(28)10-8-20/h2-10,17,19,24,30H,11-16,18H2,1H3,(H,31,32,33). The van der Waals surface area contributed by atoms with Crippen LogP contribution in [0.2, 0.25) is 0 Å². The number of anilines is 3. The number of amides is 1. The number of piperazine rings is 1. The number of carbonyl (C=O) groups is 1. The van der Waals surface area contributed by atoms with Gasteiger partial charge in [0.2, 0.25) is 0 Å². The van der Waals surface area contributed by atoms with Crippen molar-refractivity contribution in [2.24, 2.45) is 0 Å². The molecule has 200 valence electrons. The van der Waals surface area contributed by atoms with Crippen LogP contribution in [0.25, 0.3) is 0 Å². The molecule has 1 fully saturated rings. The number of carbonyl (C=O) groups excluding carboxylic acids is 1. The summed E-state index contributed by atoms with van der Waals surface area (Å²) in [4.78, 5) is 28.0. The third-order valence-electron chi connectivity index (χ3n) is 6.33. The lowest BCUT2D eigenvalue weighted by molar-refractivity contribution is 0.108. The summed E-state index contributed by atoms with van der Waals surface area (Å²) in [6, 6.07) is 16.9. The van der Waals surface area contributed by atoms with Crippen molar-refractivity contribution in [2.75, 3.05) is 63.1 Å². The van der Waals surface area contributed by atoms with E-state index in [1.54, 1.807) is 12.1 Å². The molecule has 0 spiro atoms. The fraction of sp³-hybridized carbons (Fsp3) is 0.333. The third kappa shape index (κ3) is 7.28. The fourth-order valence-corrected chi connectivity index (χ4v) is 4.59. The Morgan fingerprint density at radius 3 is 2.55 bits per heavy atom. The van der Waals surface area contributed by atoms with Gasteiger partial charge in [-0.2, -0.15) is 0 Å². The van der Waals surface area contributed by atoms with Gasteiger partial charge < -0.3 is 20.4 Å². The first kappa shape index (κ1) is 28.0. The predicted octanol–water partition coefficient (Wildman–Crippen LogP) is 5.15. The van der Waals surface area contributed by atoms with Crippen LogP contribution in [0.5, 0.6) is 0 Å². The van der Waals surface area contributed by atoms with Crippen LogP contribution < -0.4 is 10.2 Å². The Bertz CT molecular complexity index is 1210. The molecular weight excluding hydrogens is 570 g/mol. The molecule has 2 N–H and O–H groups in total. The van der Waals surface area contributed by atoms with Crippen LogP contribution in [0.15, 0.2) is 65.4 Å². The lowest BCUT2D eigenvalue weighted by Crippen LogP contribution is -2.45. The number of ether oxygens (including phenoxy) is 1. The Labute approximate surface area is 236 Å². The minimum absolute atomic E-state index is 0.253. The second-order valence-electron chi connectivity index (χ2n) is 8.93. The van der Waals surface area contributed by atoms with E-state index in [-0.39, 0.29) is 17.8 Å². The summed E-state index contributed by atoms with van der Waals surface area (Å²) in [5.74, 6) is 0.655. The second kappa shape index (κ2) is 13.7. The van der Waals surface area contributed by atoms with E-state index in [2.05, 4.69) is 48.1 Å². The van der Waals surface area contributed by atoms with Gasteiger partial charge in [-0.25, -0.2) is 19.7 Å². The normalized spacial score (nSPS) is 15.0. The Hall–Kier alpha value is -3.05. The maximum Gasteiger partial charge on any atom is 0.420 e. The van der Waals surface area contributed by atoms with E-state index in [1.807, 2.05) is 42.5 Å². The molecular formula is C27H31BrClN7O2. The topological polar surface area (TPSA) is 97.7 Å². The molecule has 0 bridgehead atoms. The van der Waals surface area contributed by atoms with Crippen LogP contribution in [0, 0.1) is 5.41 Å². The average Bonchev–Trinajstić information content (AvgIpc) is 2.94. The van der Waals surface area contributed by atoms with Crippen molar-refractivity contribution in [2.45, 2.75) is 5.38 Å². The van der Waals surface area contributed by atoms with E-state index in [4.69, 9.17) is 21.7 Å². The van der Waals surface area contributed by atoms with Gasteiger partial charge in [-0.15, -0.1) is 11.6 Å². The molecule has 0 saturated carbocycles. The SMILES string of the molecule is CN1CCN(CCOC(=O)N(c2ccccc2)c2ncnc(NCC(Cl)c3ccc(Br)cc3)c2C=N)CC1. The number of rotatable bonds is 10. The highest BCUT2D eigenvalue weighted by molar-refractivity contribution is 9.10. The molecule has 1 aliphatic rings. The fourth-order valence-electron chi connectivity index (χ4n) is 4.10. The van der Waals surface area contributed by atoms with Crippen LogP contribution in [-0.4, -0.2) is 85.0 Å². The van der Waals surface area contributed by atoms with Gasteiger partial charge in [0.05, 0.1) is 16.6 Å². The van der Waals surface area contributed by atoms with Gasteiger partial charge in [0.25, 0.3) is 0 Å². The van der Waals surface area contributed by atoms with Crippen molar-refractivity contribution >= 4 is 57.2 Å². The summed E-state index contributed by atoms with van der Waals surface area (Å²) in [7, 11) is 2.11. The number of likely N-dealkylation sites (N-methyl/N-ethyl adjacent to an activating group) is 1. The minimum Gasteiger partial charge on any atom is -0.448 e. The molecule has 1 atom stereocenters. The molecule has 11 heteroatoms. The van der Waals surface area contributed by atoms with Crippen molar-refractivity contribution in [3.63, 3.8) is 0 Å². The van der Waals surface area contributed by atoms with Crippen LogP contribution >= 0.6 is 27.5 Å². The lowest BCUT2D eigenvalue weighted by atomic mass is 10.1. The van der Waals surface area contributed by atoms with Crippen LogP contribution in [0.1, 0.15) is 16.5 Å². The van der Waals surface area contributed by atoms with Crippen molar-refractivity contribution < 1.29 is 9.53 Å². The van der Waals surface area contributed by atoms with Crippen LogP contribution in [0.4, 0.5) is 22.1 Å². The number of aromatic nitrogens is 2. The zero-order chi connectivity index (χ0) is 26.9. The molecule has 1 aromatic heterocycles. The number of para-hydroxylation sites is 1. The van der Waals surface area contributed by atoms with Gasteiger partial charge in [0, 0.05) is 50.0 Å². The van der Waals surface area contributed by atoms with Crippen molar-refractivity contribution in [1.82, 2.24) is 19.8 Å². The van der Waals surface area contributed by atoms with Crippen molar-refractivity contribution in [3.05, 3.63) is 76.5 Å². The predicted molar refractivity (Wildman–Crippen MR) is 155 cm³/mol. The molecule has 38 heavy (non-hydrogen) atoms. The number of alkyl halides is 1. The summed E-state index contributed by atoms with van der Waals surface area (Å²) >= 11 is 10.0. The first-order chi connectivity index (χ1) is 18.5. The maximum atomic E-state index is 13.4. The van der Waals surface area contributed by atoms with Gasteiger partial charge >= 0.3 is 6.09 Å². The van der Waals surface area contributed by atoms with E-state index in [9.17, 15) is 4.79 Å². The molecule has 0 aliphatic carbocycles. The average molecular weight is 601 g/mol. The molecule has 0 radical (unpaired) electrons. The Morgan fingerprint density at radius 2 is 1.87 bits per heavy atom. The number of benzene rings is 2. The van der Waals surface area contributed by atoms with Gasteiger partial charge in [-0.3, -0.25) is 4.90 Å². The van der Waals surface area contributed by atoms with E-state index in [1.165, 1.54) is 11.2 Å². The monoisotopic (exact) mass is 599 g/mol. The zero-order valence-electron chi connectivity index (χ0n) is 21.2. The van der Waals surface area contributed by atoms with Gasteiger partial charge in [-0.1, -0.05) is 46.3 Å². The minimum atomic E-state index is -0.567. The largest absolute Gasteiger partial charge is 0.448 e. The molecule has 2 aromatic carbocycles. The number of nitrogens with zero attached hydrogens (tertiary/aromatic N) is 5. The summed E-state index contributed by atoms with van der Waals surface area (Å²) in [5, 5.41) is 11.0. The molecule has 4 rings (SSSR count). The smallest absolute Gasteiger partial charge is 0.420 e. The first-order valence-corrected chi connectivity index (χ1v) is 13.6. The van der Waals surface area contributed by atoms with E-state index in [0.29, 0.717) is 30.2 Å². The highest BCUT2D eigenvalue weighted by atomic mass is 79.9. The summed E-state index contributed by atoms with van der Waals surface area (Å²) in [6.07, 6.45) is 1.93. The van der Waals surface area contributed by atoms with Crippen LogP contribution in [-0.2, 0) is 4.74 Å². The molecule has 1 amide bonds. The quantitative estimate of drug-likeness (QED) is 0.245. The summed E-state index contributed by atoms with van der Waals surface area (Å²) < 4.78 is 6.67. The van der Waals surface area contributed by atoms with Crippen LogP contribution in [0.3, 0.4) is 0 Å². The first-order valence-electron chi connectivity index (χ1n) is 12.4. The van der Waals surface area contributed by atoms with Crippen molar-refractivity contribution in [1.29, 1.82) is 5.41 Å². The van der Waals surface area contributed by atoms with Gasteiger partial charge in [0.15, 0.2) is 5.82 Å². The molecule has 1 aliphatic heterocycles. The van der Waals surface area contributed by atoms with E-state index < -0.39 is 6.09 Å². The molecule has 3 aromatic rings. The Morgan fingerprint density at radius 1 is 1.16 bits per heavy atom. The van der Waals surface area contributed by atoms with Crippen molar-refractivity contribution in [3.8, 4) is 0 Å². The lowest BCUT2D eigenvalue weighted by Gasteiger charge is -2.32. The Balaban J connectivity index is 1.51. The molecule has 1 unspecified atom stereocenters. The van der Waals surface area contributed by atoms with Gasteiger partial charge in [-0.05, 0) is 36.9 Å². The number of hydrogen-bond donors (Lipinski definition) is 2. The number of halogens is 2. The zero-order valence-corrected chi connectivity index (χ0v) is 23.5. The van der Waals surface area contributed by atoms with E-state index >= 15 is 0 Å². The third-order valence-corrected chi connectivity index (χ3v) is 7.26. The molecule has 9 nitrogen and oxygen atoms in total. The molecule has 1 saturated heterocycles. The highest BCUT2D eigenvalue weighted by Crippen LogP contribution is 2.30. The second-order valence-corrected chi connectivity index (χ2v) is 10.4. The van der Waals surface area contributed by atoms with E-state index in [0.717, 1.165) is 42.4 Å².